The van der Waals surface area contributed by atoms with Crippen LogP contribution in [0.25, 0.3) is 17.0 Å². The summed E-state index contributed by atoms with van der Waals surface area (Å²) in [5.74, 6) is 1.30. The van der Waals surface area contributed by atoms with Crippen LogP contribution in [0.2, 0.25) is 0 Å². The number of carbonyl (C=O) groups is 1. The zero-order chi connectivity index (χ0) is 14.1. The Morgan fingerprint density at radius 3 is 2.85 bits per heavy atom. The zero-order valence-corrected chi connectivity index (χ0v) is 11.2. The number of nitrogens with zero attached hydrogens (tertiary/aromatic N) is 3. The summed E-state index contributed by atoms with van der Waals surface area (Å²) < 4.78 is 6.95. The minimum absolute atomic E-state index is 0.575. The number of aldehydes is 1. The molecule has 0 radical (unpaired) electrons. The van der Waals surface area contributed by atoms with Crippen LogP contribution < -0.4 is 4.74 Å². The lowest BCUT2D eigenvalue weighted by Crippen LogP contribution is -1.93. The van der Waals surface area contributed by atoms with Crippen molar-refractivity contribution in [3.8, 4) is 17.1 Å². The maximum absolute atomic E-state index is 10.9. The number of para-hydroxylation sites is 1. The van der Waals surface area contributed by atoms with Gasteiger partial charge in [-0.05, 0) is 30.7 Å². The molecule has 2 heterocycles. The van der Waals surface area contributed by atoms with Gasteiger partial charge in [-0.2, -0.15) is 0 Å². The van der Waals surface area contributed by atoms with Crippen molar-refractivity contribution in [1.82, 2.24) is 14.6 Å². The number of aromatic nitrogens is 3. The molecule has 100 valence electrons. The van der Waals surface area contributed by atoms with Crippen molar-refractivity contribution in [2.24, 2.45) is 0 Å². The second-order valence-electron chi connectivity index (χ2n) is 4.48. The van der Waals surface area contributed by atoms with Crippen LogP contribution in [0, 0.1) is 6.92 Å². The van der Waals surface area contributed by atoms with Crippen LogP contribution in [-0.2, 0) is 0 Å². The summed E-state index contributed by atoms with van der Waals surface area (Å²) in [4.78, 5) is 15.4. The van der Waals surface area contributed by atoms with Crippen LogP contribution in [-0.4, -0.2) is 28.0 Å². The molecule has 0 aliphatic rings. The molecule has 0 spiro atoms. The van der Waals surface area contributed by atoms with Crippen molar-refractivity contribution < 1.29 is 9.53 Å². The number of benzene rings is 1. The second-order valence-corrected chi connectivity index (χ2v) is 4.48. The topological polar surface area (TPSA) is 56.5 Å². The fourth-order valence-corrected chi connectivity index (χ4v) is 2.18. The maximum Gasteiger partial charge on any atom is 0.185 e. The highest BCUT2D eigenvalue weighted by atomic mass is 16.5. The Bertz CT molecular complexity index is 793. The standard InChI is InChI=1S/C15H13N3O2/c1-10-7-11(9-19)8-18-15(10)16-14(17-18)12-5-3-4-6-13(12)20-2/h3-9H,1-2H3. The summed E-state index contributed by atoms with van der Waals surface area (Å²) in [5.41, 5.74) is 3.04. The van der Waals surface area contributed by atoms with Gasteiger partial charge in [-0.15, -0.1) is 5.10 Å². The lowest BCUT2D eigenvalue weighted by molar-refractivity contribution is 0.112. The fraction of sp³-hybridized carbons (Fsp3) is 0.133. The first-order valence-corrected chi connectivity index (χ1v) is 6.18. The Labute approximate surface area is 115 Å². The van der Waals surface area contributed by atoms with E-state index in [0.717, 1.165) is 28.8 Å². The Morgan fingerprint density at radius 1 is 1.30 bits per heavy atom. The van der Waals surface area contributed by atoms with Gasteiger partial charge < -0.3 is 4.74 Å². The second kappa shape index (κ2) is 4.77. The molecule has 5 heteroatoms. The minimum Gasteiger partial charge on any atom is -0.496 e. The summed E-state index contributed by atoms with van der Waals surface area (Å²) in [6.07, 6.45) is 2.47. The Morgan fingerprint density at radius 2 is 2.10 bits per heavy atom. The lowest BCUT2D eigenvalue weighted by atomic mass is 10.2. The van der Waals surface area contributed by atoms with E-state index in [4.69, 9.17) is 4.74 Å². The van der Waals surface area contributed by atoms with Crippen molar-refractivity contribution in [2.75, 3.05) is 7.11 Å². The molecule has 0 fully saturated rings. The van der Waals surface area contributed by atoms with Crippen LogP contribution >= 0.6 is 0 Å². The highest BCUT2D eigenvalue weighted by molar-refractivity contribution is 5.76. The summed E-state index contributed by atoms with van der Waals surface area (Å²) in [6.45, 7) is 1.91. The fourth-order valence-electron chi connectivity index (χ4n) is 2.18. The molecule has 0 N–H and O–H groups in total. The molecule has 0 amide bonds. The van der Waals surface area contributed by atoms with E-state index in [2.05, 4.69) is 10.1 Å². The monoisotopic (exact) mass is 267 g/mol. The average Bonchev–Trinajstić information content (AvgIpc) is 2.91. The first-order valence-electron chi connectivity index (χ1n) is 6.18. The first-order chi connectivity index (χ1) is 9.72. The average molecular weight is 267 g/mol. The van der Waals surface area contributed by atoms with Gasteiger partial charge in [-0.1, -0.05) is 12.1 Å². The third-order valence-corrected chi connectivity index (χ3v) is 3.12. The molecule has 0 aliphatic heterocycles. The molecule has 0 bridgehead atoms. The summed E-state index contributed by atoms with van der Waals surface area (Å²) in [6, 6.07) is 9.37. The van der Waals surface area contributed by atoms with E-state index in [0.29, 0.717) is 11.4 Å². The summed E-state index contributed by atoms with van der Waals surface area (Å²) in [7, 11) is 1.62. The lowest BCUT2D eigenvalue weighted by Gasteiger charge is -2.03. The van der Waals surface area contributed by atoms with Gasteiger partial charge >= 0.3 is 0 Å². The minimum atomic E-state index is 0.575. The van der Waals surface area contributed by atoms with Crippen LogP contribution in [0.15, 0.2) is 36.5 Å². The Hall–Kier alpha value is -2.69. The van der Waals surface area contributed by atoms with Crippen molar-refractivity contribution in [3.63, 3.8) is 0 Å². The molecule has 20 heavy (non-hydrogen) atoms. The van der Waals surface area contributed by atoms with E-state index in [1.54, 1.807) is 23.9 Å². The van der Waals surface area contributed by atoms with E-state index in [1.165, 1.54) is 0 Å². The van der Waals surface area contributed by atoms with Gasteiger partial charge in [0, 0.05) is 11.8 Å². The van der Waals surface area contributed by atoms with Gasteiger partial charge in [0.05, 0.1) is 12.7 Å². The largest absolute Gasteiger partial charge is 0.496 e. The van der Waals surface area contributed by atoms with Crippen molar-refractivity contribution in [2.45, 2.75) is 6.92 Å². The molecular formula is C15H13N3O2. The molecule has 0 unspecified atom stereocenters. The van der Waals surface area contributed by atoms with Gasteiger partial charge in [-0.3, -0.25) is 4.79 Å². The van der Waals surface area contributed by atoms with Gasteiger partial charge in [0.1, 0.15) is 5.75 Å². The number of aryl methyl sites for hydroxylation is 1. The smallest absolute Gasteiger partial charge is 0.185 e. The van der Waals surface area contributed by atoms with E-state index < -0.39 is 0 Å². The molecule has 1 aromatic carbocycles. The zero-order valence-electron chi connectivity index (χ0n) is 11.2. The molecule has 0 atom stereocenters. The quantitative estimate of drug-likeness (QED) is 0.684. The highest BCUT2D eigenvalue weighted by Crippen LogP contribution is 2.27. The Balaban J connectivity index is 2.23. The first kappa shape index (κ1) is 12.3. The molecule has 0 aliphatic carbocycles. The number of hydrogen-bond donors (Lipinski definition) is 0. The van der Waals surface area contributed by atoms with Crippen LogP contribution in [0.3, 0.4) is 0 Å². The van der Waals surface area contributed by atoms with Crippen LogP contribution in [0.5, 0.6) is 5.75 Å². The molecule has 0 saturated heterocycles. The van der Waals surface area contributed by atoms with Crippen molar-refractivity contribution in [1.29, 1.82) is 0 Å². The van der Waals surface area contributed by atoms with Gasteiger partial charge in [-0.25, -0.2) is 9.50 Å². The third kappa shape index (κ3) is 1.93. The number of carbonyl (C=O) groups excluding carboxylic acids is 1. The molecule has 2 aromatic heterocycles. The number of hydrogen-bond acceptors (Lipinski definition) is 4. The third-order valence-electron chi connectivity index (χ3n) is 3.12. The number of fused-ring (bicyclic) bond motifs is 1. The van der Waals surface area contributed by atoms with Gasteiger partial charge in [0.25, 0.3) is 0 Å². The molecule has 3 aromatic rings. The molecule has 0 saturated carbocycles. The van der Waals surface area contributed by atoms with Crippen LogP contribution in [0.1, 0.15) is 15.9 Å². The Kier molecular flexibility index (Phi) is 2.95. The predicted molar refractivity (Wildman–Crippen MR) is 75.1 cm³/mol. The van der Waals surface area contributed by atoms with E-state index in [1.807, 2.05) is 31.2 Å². The van der Waals surface area contributed by atoms with Crippen molar-refractivity contribution >= 4 is 11.9 Å². The molecule has 5 nitrogen and oxygen atoms in total. The maximum atomic E-state index is 10.9. The summed E-state index contributed by atoms with van der Waals surface area (Å²) >= 11 is 0. The highest BCUT2D eigenvalue weighted by Gasteiger charge is 2.12. The number of rotatable bonds is 3. The molecular weight excluding hydrogens is 254 g/mol. The van der Waals surface area contributed by atoms with Gasteiger partial charge in [0.2, 0.25) is 0 Å². The van der Waals surface area contributed by atoms with Crippen LogP contribution in [0.4, 0.5) is 0 Å². The number of pyridine rings is 1. The van der Waals surface area contributed by atoms with Crippen molar-refractivity contribution in [3.05, 3.63) is 47.7 Å². The predicted octanol–water partition coefficient (Wildman–Crippen LogP) is 2.53. The number of methoxy groups -OCH3 is 1. The van der Waals surface area contributed by atoms with E-state index in [-0.39, 0.29) is 0 Å². The van der Waals surface area contributed by atoms with E-state index >= 15 is 0 Å². The van der Waals surface area contributed by atoms with E-state index in [9.17, 15) is 4.79 Å². The number of ether oxygens (including phenoxy) is 1. The molecule has 3 rings (SSSR count). The SMILES string of the molecule is COc1ccccc1-c1nc2c(C)cc(C=O)cn2n1. The normalized spacial score (nSPS) is 10.7. The van der Waals surface area contributed by atoms with Gasteiger partial charge in [0.15, 0.2) is 17.8 Å². The summed E-state index contributed by atoms with van der Waals surface area (Å²) in [5, 5.41) is 4.43.